The first kappa shape index (κ1) is 9.97. The Labute approximate surface area is 85.6 Å². The van der Waals surface area contributed by atoms with E-state index in [-0.39, 0.29) is 6.04 Å². The van der Waals surface area contributed by atoms with Crippen LogP contribution in [0, 0.1) is 11.8 Å². The number of carbonyl (C=O) groups excluding carboxylic acids is 1. The third kappa shape index (κ3) is 2.27. The Morgan fingerprint density at radius 3 is 2.71 bits per heavy atom. The highest BCUT2D eigenvalue weighted by atomic mass is 16.2. The van der Waals surface area contributed by atoms with E-state index in [1.807, 2.05) is 4.90 Å². The van der Waals surface area contributed by atoms with Crippen LogP contribution in [0.15, 0.2) is 0 Å². The van der Waals surface area contributed by atoms with Crippen LogP contribution >= 0.6 is 0 Å². The Bertz CT molecular complexity index is 225. The van der Waals surface area contributed by atoms with Gasteiger partial charge < -0.3 is 10.6 Å². The fourth-order valence-corrected chi connectivity index (χ4v) is 2.02. The second-order valence-corrected chi connectivity index (χ2v) is 4.92. The Balaban J connectivity index is 1.82. The lowest BCUT2D eigenvalue weighted by Gasteiger charge is -2.35. The van der Waals surface area contributed by atoms with E-state index in [1.54, 1.807) is 0 Å². The largest absolute Gasteiger partial charge is 0.341 e. The second kappa shape index (κ2) is 3.89. The molecule has 0 aromatic carbocycles. The number of hydrogen-bond donors (Lipinski definition) is 1. The summed E-state index contributed by atoms with van der Waals surface area (Å²) in [5, 5.41) is 0. The molecule has 1 heterocycles. The van der Waals surface area contributed by atoms with Gasteiger partial charge in [-0.15, -0.1) is 0 Å². The standard InChI is InChI=1S/C11H20N2O/c1-8-4-5-13(7-10(8)12)11(14)6-9-2-3-9/h8-10H,2-7,12H2,1H3. The summed E-state index contributed by atoms with van der Waals surface area (Å²) in [6.45, 7) is 3.86. The van der Waals surface area contributed by atoms with E-state index >= 15 is 0 Å². The Kier molecular flexibility index (Phi) is 2.77. The number of nitrogens with zero attached hydrogens (tertiary/aromatic N) is 1. The van der Waals surface area contributed by atoms with Gasteiger partial charge in [-0.25, -0.2) is 0 Å². The SMILES string of the molecule is CC1CCN(C(=O)CC2CC2)CC1N. The Morgan fingerprint density at radius 2 is 2.14 bits per heavy atom. The molecule has 1 aliphatic heterocycles. The van der Waals surface area contributed by atoms with Crippen molar-refractivity contribution in [1.29, 1.82) is 0 Å². The molecule has 3 nitrogen and oxygen atoms in total. The lowest BCUT2D eigenvalue weighted by atomic mass is 9.94. The molecule has 2 atom stereocenters. The molecule has 0 aromatic heterocycles. The van der Waals surface area contributed by atoms with E-state index in [0.717, 1.165) is 25.9 Å². The lowest BCUT2D eigenvalue weighted by molar-refractivity contribution is -0.133. The smallest absolute Gasteiger partial charge is 0.222 e. The maximum atomic E-state index is 11.8. The summed E-state index contributed by atoms with van der Waals surface area (Å²) in [5.41, 5.74) is 5.96. The van der Waals surface area contributed by atoms with Crippen molar-refractivity contribution in [2.24, 2.45) is 17.6 Å². The molecule has 1 saturated carbocycles. The highest BCUT2D eigenvalue weighted by Crippen LogP contribution is 2.33. The predicted octanol–water partition coefficient (Wildman–Crippen LogP) is 0.982. The quantitative estimate of drug-likeness (QED) is 0.715. The molecule has 0 radical (unpaired) electrons. The summed E-state index contributed by atoms with van der Waals surface area (Å²) in [4.78, 5) is 13.7. The summed E-state index contributed by atoms with van der Waals surface area (Å²) < 4.78 is 0. The minimum absolute atomic E-state index is 0.187. The molecule has 1 saturated heterocycles. The van der Waals surface area contributed by atoms with Crippen LogP contribution in [-0.2, 0) is 4.79 Å². The van der Waals surface area contributed by atoms with Gasteiger partial charge in [0.1, 0.15) is 0 Å². The molecule has 2 aliphatic rings. The second-order valence-electron chi connectivity index (χ2n) is 4.92. The van der Waals surface area contributed by atoms with E-state index in [2.05, 4.69) is 6.92 Å². The lowest BCUT2D eigenvalue weighted by Crippen LogP contribution is -2.49. The van der Waals surface area contributed by atoms with E-state index < -0.39 is 0 Å². The number of amides is 1. The van der Waals surface area contributed by atoms with Gasteiger partial charge in [0.15, 0.2) is 0 Å². The molecule has 14 heavy (non-hydrogen) atoms. The highest BCUT2D eigenvalue weighted by Gasteiger charge is 2.30. The van der Waals surface area contributed by atoms with Crippen LogP contribution < -0.4 is 5.73 Å². The molecule has 80 valence electrons. The van der Waals surface area contributed by atoms with Crippen molar-refractivity contribution in [3.63, 3.8) is 0 Å². The fraction of sp³-hybridized carbons (Fsp3) is 0.909. The van der Waals surface area contributed by atoms with Gasteiger partial charge in [-0.1, -0.05) is 6.92 Å². The summed E-state index contributed by atoms with van der Waals surface area (Å²) in [6, 6.07) is 0.187. The van der Waals surface area contributed by atoms with Gasteiger partial charge >= 0.3 is 0 Å². The van der Waals surface area contributed by atoms with Crippen LogP contribution in [0.2, 0.25) is 0 Å². The van der Waals surface area contributed by atoms with Crippen LogP contribution in [0.25, 0.3) is 0 Å². The number of piperidine rings is 1. The summed E-state index contributed by atoms with van der Waals surface area (Å²) in [7, 11) is 0. The molecule has 2 rings (SSSR count). The third-order valence-corrected chi connectivity index (χ3v) is 3.53. The van der Waals surface area contributed by atoms with Crippen molar-refractivity contribution in [3.05, 3.63) is 0 Å². The number of carbonyl (C=O) groups is 1. The van der Waals surface area contributed by atoms with Gasteiger partial charge in [-0.3, -0.25) is 4.79 Å². The molecule has 0 aromatic rings. The topological polar surface area (TPSA) is 46.3 Å². The number of nitrogens with two attached hydrogens (primary N) is 1. The van der Waals surface area contributed by atoms with Crippen molar-refractivity contribution in [2.75, 3.05) is 13.1 Å². The normalized spacial score (nSPS) is 33.1. The van der Waals surface area contributed by atoms with Crippen LogP contribution in [0.1, 0.15) is 32.6 Å². The molecule has 1 amide bonds. The van der Waals surface area contributed by atoms with Gasteiger partial charge in [0.25, 0.3) is 0 Å². The first-order chi connectivity index (χ1) is 6.66. The van der Waals surface area contributed by atoms with Crippen LogP contribution in [0.5, 0.6) is 0 Å². The van der Waals surface area contributed by atoms with Crippen LogP contribution in [-0.4, -0.2) is 29.9 Å². The van der Waals surface area contributed by atoms with Gasteiger partial charge in [-0.2, -0.15) is 0 Å². The molecule has 3 heteroatoms. The van der Waals surface area contributed by atoms with E-state index in [1.165, 1.54) is 12.8 Å². The molecular weight excluding hydrogens is 176 g/mol. The zero-order valence-electron chi connectivity index (χ0n) is 8.91. The molecule has 2 fully saturated rings. The van der Waals surface area contributed by atoms with E-state index in [4.69, 9.17) is 5.73 Å². The molecule has 2 N–H and O–H groups in total. The summed E-state index contributed by atoms with van der Waals surface area (Å²) in [5.74, 6) is 1.59. The summed E-state index contributed by atoms with van der Waals surface area (Å²) >= 11 is 0. The van der Waals surface area contributed by atoms with Crippen molar-refractivity contribution >= 4 is 5.91 Å². The van der Waals surface area contributed by atoms with Gasteiger partial charge in [-0.05, 0) is 31.1 Å². The first-order valence-electron chi connectivity index (χ1n) is 5.70. The zero-order chi connectivity index (χ0) is 10.1. The van der Waals surface area contributed by atoms with Crippen molar-refractivity contribution in [1.82, 2.24) is 4.90 Å². The molecule has 1 aliphatic carbocycles. The number of rotatable bonds is 2. The maximum Gasteiger partial charge on any atom is 0.222 e. The average Bonchev–Trinajstić information content (AvgIpc) is 2.93. The molecule has 2 unspecified atom stereocenters. The molecule has 0 bridgehead atoms. The Hall–Kier alpha value is -0.570. The minimum atomic E-state index is 0.187. The van der Waals surface area contributed by atoms with Gasteiger partial charge in [0.2, 0.25) is 5.91 Å². The van der Waals surface area contributed by atoms with Gasteiger partial charge in [0, 0.05) is 25.6 Å². The third-order valence-electron chi connectivity index (χ3n) is 3.53. The average molecular weight is 196 g/mol. The fourth-order valence-electron chi connectivity index (χ4n) is 2.02. The minimum Gasteiger partial charge on any atom is -0.341 e. The summed E-state index contributed by atoms with van der Waals surface area (Å²) in [6.07, 6.45) is 4.34. The van der Waals surface area contributed by atoms with Crippen molar-refractivity contribution in [3.8, 4) is 0 Å². The zero-order valence-corrected chi connectivity index (χ0v) is 8.91. The van der Waals surface area contributed by atoms with Crippen molar-refractivity contribution in [2.45, 2.75) is 38.6 Å². The van der Waals surface area contributed by atoms with Crippen LogP contribution in [0.3, 0.4) is 0 Å². The molecular formula is C11H20N2O. The first-order valence-corrected chi connectivity index (χ1v) is 5.70. The monoisotopic (exact) mass is 196 g/mol. The van der Waals surface area contributed by atoms with E-state index in [0.29, 0.717) is 17.7 Å². The Morgan fingerprint density at radius 1 is 1.43 bits per heavy atom. The van der Waals surface area contributed by atoms with Gasteiger partial charge in [0.05, 0.1) is 0 Å². The highest BCUT2D eigenvalue weighted by molar-refractivity contribution is 5.76. The van der Waals surface area contributed by atoms with Crippen molar-refractivity contribution < 1.29 is 4.79 Å². The van der Waals surface area contributed by atoms with E-state index in [9.17, 15) is 4.79 Å². The predicted molar refractivity (Wildman–Crippen MR) is 55.7 cm³/mol. The number of hydrogen-bond acceptors (Lipinski definition) is 2. The molecule has 0 spiro atoms. The number of likely N-dealkylation sites (tertiary alicyclic amines) is 1. The van der Waals surface area contributed by atoms with Crippen LogP contribution in [0.4, 0.5) is 0 Å². The maximum absolute atomic E-state index is 11.8.